The third-order valence-corrected chi connectivity index (χ3v) is 4.06. The molecule has 0 spiro atoms. The zero-order valence-electron chi connectivity index (χ0n) is 13.8. The van der Waals surface area contributed by atoms with Crippen LogP contribution in [0.5, 0.6) is 5.88 Å². The van der Waals surface area contributed by atoms with Gasteiger partial charge in [-0.2, -0.15) is 5.10 Å². The number of nitrogens with zero attached hydrogens (tertiary/aromatic N) is 4. The van der Waals surface area contributed by atoms with Crippen LogP contribution in [0.25, 0.3) is 0 Å². The van der Waals surface area contributed by atoms with E-state index in [9.17, 15) is 9.59 Å². The molecule has 2 aliphatic heterocycles. The number of carbonyl (C=O) groups is 2. The van der Waals surface area contributed by atoms with E-state index in [-0.39, 0.29) is 18.4 Å². The number of aryl methyl sites for hydroxylation is 1. The molecular weight excluding hydrogens is 316 g/mol. The lowest BCUT2D eigenvalue weighted by atomic mass is 10.3. The van der Waals surface area contributed by atoms with Gasteiger partial charge >= 0.3 is 0 Å². The highest BCUT2D eigenvalue weighted by molar-refractivity contribution is 5.92. The molecule has 1 aromatic rings. The van der Waals surface area contributed by atoms with Crippen molar-refractivity contribution in [1.29, 1.82) is 0 Å². The van der Waals surface area contributed by atoms with Gasteiger partial charge in [0.25, 0.3) is 11.8 Å². The van der Waals surface area contributed by atoms with Crippen molar-refractivity contribution in [3.05, 3.63) is 11.8 Å². The van der Waals surface area contributed by atoms with Gasteiger partial charge in [-0.05, 0) is 0 Å². The molecule has 9 heteroatoms. The van der Waals surface area contributed by atoms with Crippen LogP contribution in [-0.2, 0) is 21.3 Å². The van der Waals surface area contributed by atoms with E-state index in [1.54, 1.807) is 22.9 Å². The van der Waals surface area contributed by atoms with Crippen LogP contribution in [0.4, 0.5) is 0 Å². The summed E-state index contributed by atoms with van der Waals surface area (Å²) in [7, 11) is 1.69. The van der Waals surface area contributed by atoms with Crippen molar-refractivity contribution in [3.63, 3.8) is 0 Å². The van der Waals surface area contributed by atoms with Crippen molar-refractivity contribution in [2.75, 3.05) is 59.2 Å². The summed E-state index contributed by atoms with van der Waals surface area (Å²) in [5.74, 6) is 0.150. The zero-order chi connectivity index (χ0) is 16.9. The third kappa shape index (κ3) is 3.85. The van der Waals surface area contributed by atoms with Gasteiger partial charge in [-0.3, -0.25) is 9.59 Å². The van der Waals surface area contributed by atoms with Gasteiger partial charge in [0, 0.05) is 39.3 Å². The first-order valence-electron chi connectivity index (χ1n) is 8.04. The number of hydrogen-bond acceptors (Lipinski definition) is 6. The molecule has 2 aliphatic rings. The van der Waals surface area contributed by atoms with Crippen molar-refractivity contribution >= 4 is 11.8 Å². The van der Waals surface area contributed by atoms with E-state index in [2.05, 4.69) is 5.10 Å². The van der Waals surface area contributed by atoms with Gasteiger partial charge in [0.1, 0.15) is 0 Å². The van der Waals surface area contributed by atoms with Gasteiger partial charge in [0.05, 0.1) is 26.4 Å². The fourth-order valence-corrected chi connectivity index (χ4v) is 2.66. The smallest absolute Gasteiger partial charge is 0.274 e. The van der Waals surface area contributed by atoms with Crippen molar-refractivity contribution in [2.24, 2.45) is 7.05 Å². The van der Waals surface area contributed by atoms with Crippen LogP contribution in [-0.4, -0.2) is 90.6 Å². The number of morpholine rings is 2. The first-order valence-corrected chi connectivity index (χ1v) is 8.04. The minimum absolute atomic E-state index is 0.0787. The first kappa shape index (κ1) is 16.7. The van der Waals surface area contributed by atoms with E-state index in [1.807, 2.05) is 0 Å². The minimum Gasteiger partial charge on any atom is -0.468 e. The normalized spacial score (nSPS) is 18.5. The van der Waals surface area contributed by atoms with Crippen molar-refractivity contribution in [3.8, 4) is 5.88 Å². The summed E-state index contributed by atoms with van der Waals surface area (Å²) in [6, 6.07) is 1.57. The van der Waals surface area contributed by atoms with E-state index in [0.29, 0.717) is 64.2 Å². The maximum Gasteiger partial charge on any atom is 0.274 e. The third-order valence-electron chi connectivity index (χ3n) is 4.06. The second-order valence-electron chi connectivity index (χ2n) is 5.68. The van der Waals surface area contributed by atoms with E-state index in [1.165, 1.54) is 4.68 Å². The lowest BCUT2D eigenvalue weighted by Crippen LogP contribution is -2.43. The van der Waals surface area contributed by atoms with Gasteiger partial charge in [-0.1, -0.05) is 0 Å². The Kier molecular flexibility index (Phi) is 5.31. The molecule has 2 fully saturated rings. The largest absolute Gasteiger partial charge is 0.468 e. The maximum absolute atomic E-state index is 12.4. The van der Waals surface area contributed by atoms with Crippen LogP contribution < -0.4 is 4.74 Å². The first-order chi connectivity index (χ1) is 11.6. The Hall–Kier alpha value is -2.13. The summed E-state index contributed by atoms with van der Waals surface area (Å²) >= 11 is 0. The average Bonchev–Trinajstić information content (AvgIpc) is 3.01. The predicted molar refractivity (Wildman–Crippen MR) is 82.8 cm³/mol. The quantitative estimate of drug-likeness (QED) is 0.709. The van der Waals surface area contributed by atoms with Crippen LogP contribution in [0.1, 0.15) is 10.5 Å². The molecule has 0 aliphatic carbocycles. The Morgan fingerprint density at radius 1 is 1.08 bits per heavy atom. The topological polar surface area (TPSA) is 86.1 Å². The van der Waals surface area contributed by atoms with E-state index >= 15 is 0 Å². The Labute approximate surface area is 140 Å². The minimum atomic E-state index is -0.150. The van der Waals surface area contributed by atoms with Crippen LogP contribution in [0.3, 0.4) is 0 Å². The molecule has 0 N–H and O–H groups in total. The number of ether oxygens (including phenoxy) is 3. The second kappa shape index (κ2) is 7.63. The van der Waals surface area contributed by atoms with Crippen molar-refractivity contribution in [2.45, 2.75) is 0 Å². The number of rotatable bonds is 4. The molecule has 24 heavy (non-hydrogen) atoms. The second-order valence-corrected chi connectivity index (χ2v) is 5.68. The number of carbonyl (C=O) groups excluding carboxylic acids is 2. The summed E-state index contributed by atoms with van der Waals surface area (Å²) in [5.41, 5.74) is 0.313. The molecule has 9 nitrogen and oxygen atoms in total. The Morgan fingerprint density at radius 2 is 1.67 bits per heavy atom. The van der Waals surface area contributed by atoms with E-state index in [4.69, 9.17) is 14.2 Å². The van der Waals surface area contributed by atoms with Crippen LogP contribution >= 0.6 is 0 Å². The van der Waals surface area contributed by atoms with Gasteiger partial charge in [0.15, 0.2) is 12.3 Å². The molecule has 132 valence electrons. The maximum atomic E-state index is 12.4. The fourth-order valence-electron chi connectivity index (χ4n) is 2.66. The van der Waals surface area contributed by atoms with E-state index < -0.39 is 0 Å². The summed E-state index contributed by atoms with van der Waals surface area (Å²) < 4.78 is 17.5. The summed E-state index contributed by atoms with van der Waals surface area (Å²) in [6.07, 6.45) is 0. The SMILES string of the molecule is Cn1nc(C(=O)N2CCOCC2)cc1OCC(=O)N1CCOCC1. The van der Waals surface area contributed by atoms with Gasteiger partial charge in [0.2, 0.25) is 5.88 Å². The molecule has 2 saturated heterocycles. The van der Waals surface area contributed by atoms with E-state index in [0.717, 1.165) is 0 Å². The molecule has 0 aromatic carbocycles. The molecule has 0 unspecified atom stereocenters. The number of hydrogen-bond donors (Lipinski definition) is 0. The summed E-state index contributed by atoms with van der Waals surface area (Å²) in [6.45, 7) is 4.37. The van der Waals surface area contributed by atoms with Crippen molar-refractivity contribution in [1.82, 2.24) is 19.6 Å². The van der Waals surface area contributed by atoms with Crippen LogP contribution in [0.15, 0.2) is 6.07 Å². The number of aromatic nitrogens is 2. The van der Waals surface area contributed by atoms with Crippen LogP contribution in [0.2, 0.25) is 0 Å². The predicted octanol–water partition coefficient (Wildman–Crippen LogP) is -0.870. The fraction of sp³-hybridized carbons (Fsp3) is 0.667. The summed E-state index contributed by atoms with van der Waals surface area (Å²) in [5, 5.41) is 4.19. The highest BCUT2D eigenvalue weighted by Gasteiger charge is 2.23. The lowest BCUT2D eigenvalue weighted by Gasteiger charge is -2.26. The lowest BCUT2D eigenvalue weighted by molar-refractivity contribution is -0.137. The highest BCUT2D eigenvalue weighted by atomic mass is 16.5. The van der Waals surface area contributed by atoms with Crippen molar-refractivity contribution < 1.29 is 23.8 Å². The molecule has 1 aromatic heterocycles. The Morgan fingerprint density at radius 3 is 2.29 bits per heavy atom. The molecule has 3 heterocycles. The van der Waals surface area contributed by atoms with Gasteiger partial charge in [-0.25, -0.2) is 4.68 Å². The highest BCUT2D eigenvalue weighted by Crippen LogP contribution is 2.15. The van der Waals surface area contributed by atoms with Gasteiger partial charge in [-0.15, -0.1) is 0 Å². The molecular formula is C15H22N4O5. The molecule has 0 bridgehead atoms. The molecule has 0 radical (unpaired) electrons. The zero-order valence-corrected chi connectivity index (χ0v) is 13.8. The molecule has 0 atom stereocenters. The molecule has 0 saturated carbocycles. The van der Waals surface area contributed by atoms with Crippen LogP contribution in [0, 0.1) is 0 Å². The average molecular weight is 338 g/mol. The summed E-state index contributed by atoms with van der Waals surface area (Å²) in [4.78, 5) is 27.9. The van der Waals surface area contributed by atoms with Gasteiger partial charge < -0.3 is 24.0 Å². The standard InChI is InChI=1S/C15H22N4O5/c1-17-14(24-11-13(20)18-2-6-22-7-3-18)10-12(16-17)15(21)19-4-8-23-9-5-19/h10H,2-9,11H2,1H3. The Balaban J connectivity index is 1.57. The number of amides is 2. The molecule has 2 amide bonds. The Bertz CT molecular complexity index is 591. The molecule has 3 rings (SSSR count). The monoisotopic (exact) mass is 338 g/mol.